The first-order valence-corrected chi connectivity index (χ1v) is 7.66. The number of hydrogen-bond donors (Lipinski definition) is 0. The molecule has 116 valence electrons. The molecule has 1 rings (SSSR count). The molecule has 0 aliphatic rings. The van der Waals surface area contributed by atoms with Gasteiger partial charge in [0, 0.05) is 4.86 Å². The van der Waals surface area contributed by atoms with E-state index in [4.69, 9.17) is 17.0 Å². The highest BCUT2D eigenvalue weighted by Crippen LogP contribution is 2.27. The number of hydrogen-bond acceptors (Lipinski definition) is 3. The molecule has 0 fully saturated rings. The van der Waals surface area contributed by atoms with Crippen molar-refractivity contribution >= 4 is 28.7 Å². The van der Waals surface area contributed by atoms with E-state index in [-0.39, 0.29) is 24.7 Å². The first-order chi connectivity index (χ1) is 9.75. The Morgan fingerprint density at radius 2 is 1.76 bits per heavy atom. The lowest BCUT2D eigenvalue weighted by atomic mass is 10.0. The van der Waals surface area contributed by atoms with Gasteiger partial charge < -0.3 is 9.64 Å². The number of ether oxygens (including phenoxy) is 1. The van der Waals surface area contributed by atoms with Gasteiger partial charge in [0.1, 0.15) is 6.61 Å². The number of para-hydroxylation sites is 1. The predicted molar refractivity (Wildman–Crippen MR) is 92.2 cm³/mol. The molecular weight excluding hydrogens is 282 g/mol. The predicted octanol–water partition coefficient (Wildman–Crippen LogP) is 3.84. The van der Waals surface area contributed by atoms with E-state index in [1.807, 2.05) is 59.7 Å². The van der Waals surface area contributed by atoms with Crippen LogP contribution in [0.4, 0.5) is 5.69 Å². The zero-order chi connectivity index (χ0) is 16.2. The molecule has 1 atom stereocenters. The number of nitrogens with zero attached hydrogens (tertiary/aromatic N) is 1. The van der Waals surface area contributed by atoms with E-state index in [2.05, 4.69) is 0 Å². The molecule has 4 heteroatoms. The summed E-state index contributed by atoms with van der Waals surface area (Å²) in [6, 6.07) is 5.88. The molecule has 21 heavy (non-hydrogen) atoms. The Kier molecular flexibility index (Phi) is 6.49. The van der Waals surface area contributed by atoms with Crippen LogP contribution in [0.15, 0.2) is 18.2 Å². The number of anilines is 1. The second-order valence-corrected chi connectivity index (χ2v) is 6.29. The summed E-state index contributed by atoms with van der Waals surface area (Å²) in [6.07, 6.45) is 0.0256. The summed E-state index contributed by atoms with van der Waals surface area (Å²) >= 11 is 5.30. The lowest BCUT2D eigenvalue weighted by Gasteiger charge is -2.32. The molecule has 0 aliphatic heterocycles. The number of carbonyl (C=O) groups excluding carboxylic acids is 1. The molecule has 0 heterocycles. The van der Waals surface area contributed by atoms with Gasteiger partial charge in [0.15, 0.2) is 0 Å². The SMILES string of the molecule is CC(=S)C(C)N(C(=O)COC(C)C)c1c(C)cccc1C. The molecule has 0 spiro atoms. The smallest absolute Gasteiger partial charge is 0.253 e. The lowest BCUT2D eigenvalue weighted by Crippen LogP contribution is -2.45. The van der Waals surface area contributed by atoms with Gasteiger partial charge in [-0.2, -0.15) is 0 Å². The van der Waals surface area contributed by atoms with E-state index in [9.17, 15) is 4.79 Å². The minimum Gasteiger partial charge on any atom is -0.369 e. The summed E-state index contributed by atoms with van der Waals surface area (Å²) < 4.78 is 5.48. The molecule has 0 aliphatic carbocycles. The quantitative estimate of drug-likeness (QED) is 0.748. The van der Waals surface area contributed by atoms with Crippen LogP contribution in [0.5, 0.6) is 0 Å². The minimum atomic E-state index is -0.136. The number of amides is 1. The standard InChI is InChI=1S/C17H25NO2S/c1-11(2)20-10-16(19)18(14(5)15(6)21)17-12(3)8-7-9-13(17)4/h7-9,11,14H,10H2,1-6H3. The van der Waals surface area contributed by atoms with Gasteiger partial charge in [0.25, 0.3) is 5.91 Å². The van der Waals surface area contributed by atoms with Crippen LogP contribution in [0, 0.1) is 13.8 Å². The highest BCUT2D eigenvalue weighted by Gasteiger charge is 2.26. The number of aryl methyl sites for hydroxylation is 2. The first-order valence-electron chi connectivity index (χ1n) is 7.26. The largest absolute Gasteiger partial charge is 0.369 e. The molecule has 1 aromatic rings. The maximum absolute atomic E-state index is 12.6. The molecule has 0 N–H and O–H groups in total. The Morgan fingerprint density at radius 1 is 1.24 bits per heavy atom. The van der Waals surface area contributed by atoms with E-state index in [0.29, 0.717) is 0 Å². The van der Waals surface area contributed by atoms with Crippen LogP contribution in [0.2, 0.25) is 0 Å². The van der Waals surface area contributed by atoms with Crippen molar-refractivity contribution in [1.82, 2.24) is 0 Å². The molecule has 3 nitrogen and oxygen atoms in total. The van der Waals surface area contributed by atoms with Crippen molar-refractivity contribution in [2.75, 3.05) is 11.5 Å². The third kappa shape index (κ3) is 4.61. The molecule has 0 bridgehead atoms. The molecule has 0 saturated carbocycles. The van der Waals surface area contributed by atoms with Crippen LogP contribution in [0.3, 0.4) is 0 Å². The minimum absolute atomic E-state index is 0.0256. The molecule has 0 radical (unpaired) electrons. The second kappa shape index (κ2) is 7.66. The fourth-order valence-corrected chi connectivity index (χ4v) is 2.31. The Bertz CT molecular complexity index is 505. The number of rotatable bonds is 6. The van der Waals surface area contributed by atoms with Gasteiger partial charge in [-0.15, -0.1) is 0 Å². The molecule has 1 aromatic carbocycles. The molecular formula is C17H25NO2S. The van der Waals surface area contributed by atoms with Crippen molar-refractivity contribution in [1.29, 1.82) is 0 Å². The van der Waals surface area contributed by atoms with Gasteiger partial charge in [-0.25, -0.2) is 0 Å². The normalized spacial score (nSPS) is 12.3. The van der Waals surface area contributed by atoms with Crippen molar-refractivity contribution in [2.45, 2.75) is 53.7 Å². The Balaban J connectivity index is 3.20. The molecule has 1 amide bonds. The van der Waals surface area contributed by atoms with E-state index in [0.717, 1.165) is 21.7 Å². The van der Waals surface area contributed by atoms with Gasteiger partial charge in [-0.3, -0.25) is 4.79 Å². The van der Waals surface area contributed by atoms with Crippen molar-refractivity contribution in [3.05, 3.63) is 29.3 Å². The van der Waals surface area contributed by atoms with Crippen LogP contribution in [0.1, 0.15) is 38.8 Å². The fraction of sp³-hybridized carbons (Fsp3) is 0.529. The number of benzene rings is 1. The topological polar surface area (TPSA) is 29.5 Å². The summed E-state index contributed by atoms with van der Waals surface area (Å²) in [5.74, 6) is -0.0576. The van der Waals surface area contributed by atoms with E-state index in [1.54, 1.807) is 4.90 Å². The Hall–Kier alpha value is -1.26. The fourth-order valence-electron chi connectivity index (χ4n) is 2.21. The zero-order valence-corrected chi connectivity index (χ0v) is 14.6. The van der Waals surface area contributed by atoms with Crippen molar-refractivity contribution < 1.29 is 9.53 Å². The third-order valence-electron chi connectivity index (χ3n) is 3.46. The van der Waals surface area contributed by atoms with Crippen LogP contribution in [-0.4, -0.2) is 29.5 Å². The van der Waals surface area contributed by atoms with Gasteiger partial charge in [0.2, 0.25) is 0 Å². The molecule has 0 saturated heterocycles. The van der Waals surface area contributed by atoms with Gasteiger partial charge in [0.05, 0.1) is 17.8 Å². The van der Waals surface area contributed by atoms with E-state index >= 15 is 0 Å². The van der Waals surface area contributed by atoms with Crippen molar-refractivity contribution in [2.24, 2.45) is 0 Å². The van der Waals surface area contributed by atoms with E-state index in [1.165, 1.54) is 0 Å². The van der Waals surface area contributed by atoms with Crippen LogP contribution < -0.4 is 4.90 Å². The summed E-state index contributed by atoms with van der Waals surface area (Å²) in [5, 5.41) is 0. The van der Waals surface area contributed by atoms with Crippen LogP contribution in [0.25, 0.3) is 0 Å². The number of thiocarbonyl (C=S) groups is 1. The monoisotopic (exact) mass is 307 g/mol. The van der Waals surface area contributed by atoms with Crippen molar-refractivity contribution in [3.63, 3.8) is 0 Å². The lowest BCUT2D eigenvalue weighted by molar-refractivity contribution is -0.124. The average Bonchev–Trinajstić information content (AvgIpc) is 2.39. The maximum Gasteiger partial charge on any atom is 0.253 e. The highest BCUT2D eigenvalue weighted by molar-refractivity contribution is 7.80. The average molecular weight is 307 g/mol. The number of carbonyl (C=O) groups is 1. The summed E-state index contributed by atoms with van der Waals surface area (Å²) in [5.41, 5.74) is 3.07. The van der Waals surface area contributed by atoms with Crippen LogP contribution in [-0.2, 0) is 9.53 Å². The second-order valence-electron chi connectivity index (χ2n) is 5.65. The summed E-state index contributed by atoms with van der Waals surface area (Å²) in [7, 11) is 0. The zero-order valence-electron chi connectivity index (χ0n) is 13.8. The third-order valence-corrected chi connectivity index (χ3v) is 3.81. The first kappa shape index (κ1) is 17.8. The van der Waals surface area contributed by atoms with Crippen molar-refractivity contribution in [3.8, 4) is 0 Å². The Morgan fingerprint density at radius 3 is 2.19 bits per heavy atom. The highest BCUT2D eigenvalue weighted by atomic mass is 32.1. The molecule has 1 unspecified atom stereocenters. The summed E-state index contributed by atoms with van der Waals surface area (Å²) in [4.78, 5) is 15.2. The maximum atomic E-state index is 12.6. The summed E-state index contributed by atoms with van der Waals surface area (Å²) in [6.45, 7) is 11.8. The van der Waals surface area contributed by atoms with Gasteiger partial charge in [-0.1, -0.05) is 30.4 Å². The molecule has 0 aromatic heterocycles. The van der Waals surface area contributed by atoms with E-state index < -0.39 is 0 Å². The Labute approximate surface area is 133 Å². The van der Waals surface area contributed by atoms with Gasteiger partial charge in [-0.05, 0) is 52.7 Å². The van der Waals surface area contributed by atoms with Crippen LogP contribution >= 0.6 is 12.2 Å². The van der Waals surface area contributed by atoms with Gasteiger partial charge >= 0.3 is 0 Å².